The molecule has 3 heterocycles. The van der Waals surface area contributed by atoms with Crippen molar-refractivity contribution in [3.05, 3.63) is 94.0 Å². The quantitative estimate of drug-likeness (QED) is 0.275. The molecule has 35 heavy (non-hydrogen) atoms. The molecule has 2 aromatic carbocycles. The molecule has 0 spiro atoms. The van der Waals surface area contributed by atoms with Gasteiger partial charge in [-0.3, -0.25) is 14.2 Å². The minimum absolute atomic E-state index is 0.134. The average molecular weight is 468 g/mol. The second kappa shape index (κ2) is 8.39. The normalized spacial score (nSPS) is 11.9. The Hall–Kier alpha value is -5.04. The van der Waals surface area contributed by atoms with Gasteiger partial charge in [-0.25, -0.2) is 14.5 Å². The highest BCUT2D eigenvalue weighted by Crippen LogP contribution is 2.21. The van der Waals surface area contributed by atoms with Crippen LogP contribution in [0.4, 0.5) is 10.2 Å². The topological polar surface area (TPSA) is 123 Å². The maximum Gasteiger partial charge on any atom is 0.362 e. The van der Waals surface area contributed by atoms with Crippen LogP contribution < -0.4 is 21.1 Å². The number of hydrogen-bond acceptors (Lipinski definition) is 5. The third-order valence-corrected chi connectivity index (χ3v) is 5.61. The molecule has 0 aliphatic carbocycles. The van der Waals surface area contributed by atoms with E-state index in [1.165, 1.54) is 33.3 Å². The number of aromatic nitrogens is 5. The van der Waals surface area contributed by atoms with E-state index in [9.17, 15) is 14.0 Å². The highest BCUT2D eigenvalue weighted by molar-refractivity contribution is 6.03. The van der Waals surface area contributed by atoms with E-state index in [0.717, 1.165) is 0 Å². The molecule has 10 heteroatoms. The van der Waals surface area contributed by atoms with E-state index in [1.54, 1.807) is 43.6 Å². The Morgan fingerprint density at radius 3 is 2.77 bits per heavy atom. The number of carbonyl (C=O) groups is 1. The van der Waals surface area contributed by atoms with Gasteiger partial charge in [0.25, 0.3) is 11.5 Å². The number of anilines is 1. The van der Waals surface area contributed by atoms with E-state index >= 15 is 0 Å². The molecule has 1 amide bonds. The Labute approximate surface area is 198 Å². The third-order valence-electron chi connectivity index (χ3n) is 5.61. The van der Waals surface area contributed by atoms with Crippen LogP contribution in [0, 0.1) is 18.2 Å². The van der Waals surface area contributed by atoms with E-state index in [1.807, 2.05) is 0 Å². The highest BCUT2D eigenvalue weighted by Gasteiger charge is 2.27. The maximum absolute atomic E-state index is 13.6. The second-order valence-electron chi connectivity index (χ2n) is 7.84. The summed E-state index contributed by atoms with van der Waals surface area (Å²) in [5.41, 5.74) is 7.23. The minimum Gasteiger partial charge on any atom is -0.382 e. The maximum atomic E-state index is 13.6. The van der Waals surface area contributed by atoms with Gasteiger partial charge in [0.2, 0.25) is 0 Å². The Bertz CT molecular complexity index is 1720. The lowest BCUT2D eigenvalue weighted by molar-refractivity contribution is -0.577. The van der Waals surface area contributed by atoms with E-state index in [4.69, 9.17) is 12.2 Å². The zero-order valence-corrected chi connectivity index (χ0v) is 18.5. The number of amides is 1. The van der Waals surface area contributed by atoms with E-state index in [2.05, 4.69) is 26.3 Å². The van der Waals surface area contributed by atoms with Crippen molar-refractivity contribution in [1.82, 2.24) is 25.0 Å². The molecule has 1 atom stereocenters. The van der Waals surface area contributed by atoms with Crippen LogP contribution in [0.25, 0.3) is 22.2 Å². The lowest BCUT2D eigenvalue weighted by Gasteiger charge is -2.19. The fourth-order valence-electron chi connectivity index (χ4n) is 4.01. The Kier molecular flexibility index (Phi) is 5.22. The smallest absolute Gasteiger partial charge is 0.362 e. The SMILES string of the molecule is C#Cc1cccc2nc(C(C)NC(=O)c3c(N)[nH][n+]4cccnc34)n(-c3ccc(F)cc3)c(=O)c12. The first-order valence-corrected chi connectivity index (χ1v) is 10.6. The number of benzene rings is 2. The van der Waals surface area contributed by atoms with Crippen LogP contribution in [0.15, 0.2) is 65.7 Å². The molecule has 172 valence electrons. The van der Waals surface area contributed by atoms with E-state index in [0.29, 0.717) is 22.4 Å². The van der Waals surface area contributed by atoms with Crippen molar-refractivity contribution in [2.75, 3.05) is 5.73 Å². The first kappa shape index (κ1) is 21.8. The number of nitrogens with zero attached hydrogens (tertiary/aromatic N) is 4. The predicted molar refractivity (Wildman–Crippen MR) is 127 cm³/mol. The number of terminal acetylenes is 1. The fourth-order valence-corrected chi connectivity index (χ4v) is 4.01. The van der Waals surface area contributed by atoms with Gasteiger partial charge in [0, 0.05) is 11.6 Å². The number of rotatable bonds is 4. The Balaban J connectivity index is 1.66. The first-order chi connectivity index (χ1) is 16.9. The minimum atomic E-state index is -0.753. The first-order valence-electron chi connectivity index (χ1n) is 10.6. The summed E-state index contributed by atoms with van der Waals surface area (Å²) >= 11 is 0. The van der Waals surface area contributed by atoms with Gasteiger partial charge in [-0.05, 0) is 48.3 Å². The standard InChI is InChI=1S/C25H18FN7O2/c1-3-15-6-4-7-18-19(15)25(35)33(17-10-8-16(26)9-11-17)22(30-18)14(2)29-24(34)20-21(27)31-32-13-5-12-28-23(20)32/h1,4-14H,2H3,(H3,27,29,31,34)/p+1. The molecule has 1 unspecified atom stereocenters. The van der Waals surface area contributed by atoms with Crippen molar-refractivity contribution < 1.29 is 13.7 Å². The summed E-state index contributed by atoms with van der Waals surface area (Å²) in [6.07, 6.45) is 8.84. The molecular weight excluding hydrogens is 449 g/mol. The fraction of sp³-hybridized carbons (Fsp3) is 0.0800. The molecule has 0 aliphatic rings. The molecule has 0 bridgehead atoms. The number of nitrogens with two attached hydrogens (primary N) is 1. The number of hydrogen-bond donors (Lipinski definition) is 3. The lowest BCUT2D eigenvalue weighted by Crippen LogP contribution is -2.34. The molecule has 5 aromatic rings. The van der Waals surface area contributed by atoms with Gasteiger partial charge < -0.3 is 11.1 Å². The van der Waals surface area contributed by atoms with Gasteiger partial charge in [-0.1, -0.05) is 12.0 Å². The molecular formula is C25H19FN7O2+. The van der Waals surface area contributed by atoms with Crippen molar-refractivity contribution in [2.24, 2.45) is 0 Å². The largest absolute Gasteiger partial charge is 0.382 e. The van der Waals surface area contributed by atoms with Crippen molar-refractivity contribution in [3.63, 3.8) is 0 Å². The van der Waals surface area contributed by atoms with Crippen LogP contribution in [0.3, 0.4) is 0 Å². The van der Waals surface area contributed by atoms with Gasteiger partial charge in [-0.2, -0.15) is 0 Å². The molecule has 0 fully saturated rings. The van der Waals surface area contributed by atoms with Crippen molar-refractivity contribution in [1.29, 1.82) is 0 Å². The molecule has 3 aromatic heterocycles. The van der Waals surface area contributed by atoms with Crippen LogP contribution in [0.2, 0.25) is 0 Å². The van der Waals surface area contributed by atoms with E-state index in [-0.39, 0.29) is 22.6 Å². The summed E-state index contributed by atoms with van der Waals surface area (Å²) in [4.78, 5) is 35.7. The summed E-state index contributed by atoms with van der Waals surface area (Å²) in [5, 5.41) is 5.95. The van der Waals surface area contributed by atoms with Crippen LogP contribution >= 0.6 is 0 Å². The van der Waals surface area contributed by atoms with E-state index < -0.39 is 23.3 Å². The number of nitrogens with one attached hydrogen (secondary N) is 2. The zero-order chi connectivity index (χ0) is 24.7. The van der Waals surface area contributed by atoms with Crippen molar-refractivity contribution in [3.8, 4) is 18.0 Å². The molecule has 0 radical (unpaired) electrons. The summed E-state index contributed by atoms with van der Waals surface area (Å²) in [7, 11) is 0. The van der Waals surface area contributed by atoms with Gasteiger partial charge in [-0.15, -0.1) is 10.9 Å². The van der Waals surface area contributed by atoms with Gasteiger partial charge in [0.05, 0.1) is 22.6 Å². The average Bonchev–Trinajstić information content (AvgIpc) is 3.19. The second-order valence-corrected chi connectivity index (χ2v) is 7.84. The summed E-state index contributed by atoms with van der Waals surface area (Å²) in [5.74, 6) is 1.91. The number of fused-ring (bicyclic) bond motifs is 2. The Morgan fingerprint density at radius 2 is 2.03 bits per heavy atom. The molecule has 5 rings (SSSR count). The molecule has 4 N–H and O–H groups in total. The highest BCUT2D eigenvalue weighted by atomic mass is 19.1. The number of nitrogen functional groups attached to an aromatic ring is 1. The van der Waals surface area contributed by atoms with Crippen LogP contribution in [0.5, 0.6) is 0 Å². The molecule has 0 saturated heterocycles. The van der Waals surface area contributed by atoms with Crippen molar-refractivity contribution in [2.45, 2.75) is 13.0 Å². The van der Waals surface area contributed by atoms with Crippen molar-refractivity contribution >= 4 is 28.3 Å². The summed E-state index contributed by atoms with van der Waals surface area (Å²) < 4.78 is 16.5. The monoisotopic (exact) mass is 468 g/mol. The third kappa shape index (κ3) is 3.65. The van der Waals surface area contributed by atoms with Crippen LogP contribution in [-0.4, -0.2) is 25.5 Å². The lowest BCUT2D eigenvalue weighted by atomic mass is 10.1. The predicted octanol–water partition coefficient (Wildman–Crippen LogP) is 2.04. The van der Waals surface area contributed by atoms with Crippen LogP contribution in [-0.2, 0) is 0 Å². The number of carbonyl (C=O) groups excluding carboxylic acids is 1. The number of aromatic amines is 1. The number of H-pyrrole nitrogens is 1. The molecule has 9 nitrogen and oxygen atoms in total. The van der Waals surface area contributed by atoms with Gasteiger partial charge >= 0.3 is 5.65 Å². The zero-order valence-electron chi connectivity index (χ0n) is 18.5. The Morgan fingerprint density at radius 1 is 1.26 bits per heavy atom. The van der Waals surface area contributed by atoms with Gasteiger partial charge in [0.15, 0.2) is 11.4 Å². The summed E-state index contributed by atoms with van der Waals surface area (Å²) in [6, 6.07) is 11.4. The summed E-state index contributed by atoms with van der Waals surface area (Å²) in [6.45, 7) is 1.68. The van der Waals surface area contributed by atoms with Gasteiger partial charge in [0.1, 0.15) is 24.0 Å². The molecule has 0 aliphatic heterocycles. The molecule has 0 saturated carbocycles. The van der Waals surface area contributed by atoms with Crippen LogP contribution in [0.1, 0.15) is 34.7 Å². The number of halogens is 1.